The third-order valence-electron chi connectivity index (χ3n) is 1.75. The van der Waals surface area contributed by atoms with Crippen LogP contribution in [0.5, 0.6) is 0 Å². The molecule has 0 aliphatic carbocycles. The molecule has 0 saturated heterocycles. The lowest BCUT2D eigenvalue weighted by Crippen LogP contribution is -2.22. The van der Waals surface area contributed by atoms with E-state index in [0.717, 1.165) is 10.8 Å². The van der Waals surface area contributed by atoms with Crippen molar-refractivity contribution in [1.29, 1.82) is 0 Å². The molecule has 0 amide bonds. The average molecular weight is 240 g/mol. The second kappa shape index (κ2) is 3.69. The van der Waals surface area contributed by atoms with Crippen LogP contribution in [0, 0.1) is 0 Å². The highest BCUT2D eigenvalue weighted by molar-refractivity contribution is 6.67. The Labute approximate surface area is 87.1 Å². The molecule has 0 saturated carbocycles. The first-order valence-electron chi connectivity index (χ1n) is 3.71. The lowest BCUT2D eigenvalue weighted by atomic mass is 10.1. The molecule has 0 radical (unpaired) electrons. The average Bonchev–Trinajstić information content (AvgIpc) is 2.06. The van der Waals surface area contributed by atoms with Crippen LogP contribution in [-0.4, -0.2) is 9.81 Å². The standard InChI is InChI=1S/C8H5ClF3NO2/c1-13-3-4(7(9)15)5(2-6(13)14)8(10,11)12/h2-3H,1H3. The predicted octanol–water partition coefficient (Wildman–Crippen LogP) is 1.78. The van der Waals surface area contributed by atoms with Crippen LogP contribution in [0.1, 0.15) is 15.9 Å². The Balaban J connectivity index is 3.56. The van der Waals surface area contributed by atoms with E-state index in [-0.39, 0.29) is 0 Å². The maximum absolute atomic E-state index is 12.4. The number of aryl methyl sites for hydroxylation is 1. The molecular formula is C8H5ClF3NO2. The minimum absolute atomic E-state index is 0.343. The van der Waals surface area contributed by atoms with Crippen molar-refractivity contribution in [2.75, 3.05) is 0 Å². The zero-order valence-electron chi connectivity index (χ0n) is 7.43. The van der Waals surface area contributed by atoms with Crippen LogP contribution in [0.4, 0.5) is 13.2 Å². The number of halogens is 4. The summed E-state index contributed by atoms with van der Waals surface area (Å²) in [5.74, 6) is 0. The fourth-order valence-electron chi connectivity index (χ4n) is 1.02. The van der Waals surface area contributed by atoms with Crippen LogP contribution in [0.3, 0.4) is 0 Å². The number of carbonyl (C=O) groups is 1. The SMILES string of the molecule is Cn1cc(C(=O)Cl)c(C(F)(F)F)cc1=O. The number of pyridine rings is 1. The number of hydrogen-bond acceptors (Lipinski definition) is 2. The van der Waals surface area contributed by atoms with Crippen molar-refractivity contribution in [3.05, 3.63) is 33.7 Å². The summed E-state index contributed by atoms with van der Waals surface area (Å²) in [7, 11) is 1.23. The third-order valence-corrected chi connectivity index (χ3v) is 1.95. The molecule has 0 aliphatic heterocycles. The summed E-state index contributed by atoms with van der Waals surface area (Å²) in [5.41, 5.74) is -2.90. The summed E-state index contributed by atoms with van der Waals surface area (Å²) in [5, 5.41) is -1.25. The topological polar surface area (TPSA) is 39.1 Å². The molecule has 1 heterocycles. The van der Waals surface area contributed by atoms with Gasteiger partial charge in [-0.2, -0.15) is 13.2 Å². The maximum atomic E-state index is 12.4. The molecule has 1 rings (SSSR count). The molecule has 0 fully saturated rings. The van der Waals surface area contributed by atoms with Gasteiger partial charge in [0.25, 0.3) is 10.8 Å². The van der Waals surface area contributed by atoms with E-state index in [4.69, 9.17) is 11.6 Å². The van der Waals surface area contributed by atoms with E-state index < -0.39 is 28.1 Å². The molecule has 0 N–H and O–H groups in total. The smallest absolute Gasteiger partial charge is 0.318 e. The summed E-state index contributed by atoms with van der Waals surface area (Å²) >= 11 is 4.98. The van der Waals surface area contributed by atoms with E-state index in [1.807, 2.05) is 0 Å². The van der Waals surface area contributed by atoms with Crippen molar-refractivity contribution < 1.29 is 18.0 Å². The first-order chi connectivity index (χ1) is 6.73. The highest BCUT2D eigenvalue weighted by atomic mass is 35.5. The van der Waals surface area contributed by atoms with E-state index in [9.17, 15) is 22.8 Å². The van der Waals surface area contributed by atoms with Crippen molar-refractivity contribution in [1.82, 2.24) is 4.57 Å². The summed E-state index contributed by atoms with van der Waals surface area (Å²) in [6.45, 7) is 0. The zero-order valence-corrected chi connectivity index (χ0v) is 8.19. The molecule has 0 atom stereocenters. The van der Waals surface area contributed by atoms with Gasteiger partial charge in [0.05, 0.1) is 11.1 Å². The predicted molar refractivity (Wildman–Crippen MR) is 46.9 cm³/mol. The van der Waals surface area contributed by atoms with Gasteiger partial charge in [-0.3, -0.25) is 9.59 Å². The third kappa shape index (κ3) is 2.38. The van der Waals surface area contributed by atoms with E-state index in [1.54, 1.807) is 0 Å². The maximum Gasteiger partial charge on any atom is 0.417 e. The molecule has 0 aliphatic rings. The lowest BCUT2D eigenvalue weighted by molar-refractivity contribution is -0.138. The Morgan fingerprint density at radius 3 is 2.40 bits per heavy atom. The van der Waals surface area contributed by atoms with Gasteiger partial charge < -0.3 is 4.57 Å². The molecule has 0 aromatic carbocycles. The summed E-state index contributed by atoms with van der Waals surface area (Å²) < 4.78 is 37.9. The second-order valence-electron chi connectivity index (χ2n) is 2.82. The largest absolute Gasteiger partial charge is 0.417 e. The first-order valence-corrected chi connectivity index (χ1v) is 4.09. The molecule has 0 unspecified atom stereocenters. The number of carbonyl (C=O) groups excluding carboxylic acids is 1. The van der Waals surface area contributed by atoms with Gasteiger partial charge >= 0.3 is 6.18 Å². The Kier molecular flexibility index (Phi) is 2.90. The zero-order chi connectivity index (χ0) is 11.8. The van der Waals surface area contributed by atoms with Gasteiger partial charge in [0.1, 0.15) is 0 Å². The van der Waals surface area contributed by atoms with Gasteiger partial charge in [0.15, 0.2) is 0 Å². The van der Waals surface area contributed by atoms with Crippen LogP contribution < -0.4 is 5.56 Å². The van der Waals surface area contributed by atoms with Gasteiger partial charge in [-0.1, -0.05) is 0 Å². The molecule has 0 bridgehead atoms. The first kappa shape index (κ1) is 11.8. The van der Waals surface area contributed by atoms with Crippen LogP contribution >= 0.6 is 11.6 Å². The van der Waals surface area contributed by atoms with Gasteiger partial charge in [-0.05, 0) is 11.6 Å². The highest BCUT2D eigenvalue weighted by Crippen LogP contribution is 2.31. The van der Waals surface area contributed by atoms with Gasteiger partial charge in [0, 0.05) is 19.3 Å². The minimum Gasteiger partial charge on any atom is -0.318 e. The number of nitrogens with zero attached hydrogens (tertiary/aromatic N) is 1. The number of alkyl halides is 3. The van der Waals surface area contributed by atoms with Crippen molar-refractivity contribution in [3.8, 4) is 0 Å². The Bertz CT molecular complexity index is 464. The normalized spacial score (nSPS) is 11.5. The molecule has 3 nitrogen and oxygen atoms in total. The Morgan fingerprint density at radius 1 is 1.47 bits per heavy atom. The van der Waals surface area contributed by atoms with E-state index in [0.29, 0.717) is 6.07 Å². The quantitative estimate of drug-likeness (QED) is 0.701. The molecule has 1 aromatic heterocycles. The lowest BCUT2D eigenvalue weighted by Gasteiger charge is -2.10. The van der Waals surface area contributed by atoms with Crippen molar-refractivity contribution in [2.45, 2.75) is 6.18 Å². The van der Waals surface area contributed by atoms with Gasteiger partial charge in [-0.15, -0.1) is 0 Å². The molecule has 82 valence electrons. The molecule has 0 spiro atoms. The van der Waals surface area contributed by atoms with E-state index in [1.165, 1.54) is 7.05 Å². The Hall–Kier alpha value is -1.30. The van der Waals surface area contributed by atoms with Crippen LogP contribution in [0.25, 0.3) is 0 Å². The van der Waals surface area contributed by atoms with E-state index >= 15 is 0 Å². The van der Waals surface area contributed by atoms with Crippen LogP contribution in [0.15, 0.2) is 17.1 Å². The van der Waals surface area contributed by atoms with Crippen LogP contribution in [-0.2, 0) is 13.2 Å². The van der Waals surface area contributed by atoms with E-state index in [2.05, 4.69) is 0 Å². The fourth-order valence-corrected chi connectivity index (χ4v) is 1.17. The second-order valence-corrected chi connectivity index (χ2v) is 3.16. The molecule has 15 heavy (non-hydrogen) atoms. The molecular weight excluding hydrogens is 235 g/mol. The summed E-state index contributed by atoms with van der Waals surface area (Å²) in [6, 6.07) is 0.343. The molecule has 7 heteroatoms. The van der Waals surface area contributed by atoms with Crippen molar-refractivity contribution in [3.63, 3.8) is 0 Å². The highest BCUT2D eigenvalue weighted by Gasteiger charge is 2.35. The fraction of sp³-hybridized carbons (Fsp3) is 0.250. The number of aromatic nitrogens is 1. The summed E-state index contributed by atoms with van der Waals surface area (Å²) in [6.07, 6.45) is -4.01. The van der Waals surface area contributed by atoms with Gasteiger partial charge in [0.2, 0.25) is 0 Å². The summed E-state index contributed by atoms with van der Waals surface area (Å²) in [4.78, 5) is 21.7. The van der Waals surface area contributed by atoms with Crippen molar-refractivity contribution >= 4 is 16.8 Å². The minimum atomic E-state index is -4.77. The number of rotatable bonds is 1. The Morgan fingerprint density at radius 2 is 2.00 bits per heavy atom. The monoisotopic (exact) mass is 239 g/mol. The number of hydrogen-bond donors (Lipinski definition) is 0. The van der Waals surface area contributed by atoms with Crippen molar-refractivity contribution in [2.24, 2.45) is 7.05 Å². The van der Waals surface area contributed by atoms with Gasteiger partial charge in [-0.25, -0.2) is 0 Å². The van der Waals surface area contributed by atoms with Crippen LogP contribution in [0.2, 0.25) is 0 Å². The molecule has 1 aromatic rings.